The fourth-order valence-electron chi connectivity index (χ4n) is 3.21. The van der Waals surface area contributed by atoms with Crippen molar-refractivity contribution >= 4 is 16.8 Å². The number of rotatable bonds is 5. The van der Waals surface area contributed by atoms with Crippen LogP contribution in [0, 0.1) is 6.92 Å². The van der Waals surface area contributed by atoms with Crippen molar-refractivity contribution in [3.05, 3.63) is 39.7 Å². The van der Waals surface area contributed by atoms with Crippen LogP contribution in [0.2, 0.25) is 0 Å². The number of carbonyl (C=O) groups excluding carboxylic acids is 1. The SMILES string of the molecule is CC(=O)Cc1cc(=O)c2c(C)cc(O[C@@H]3O[C@H](CO)[C@@H](O)[C@H](O)[C@H]3O)cc2o1. The van der Waals surface area contributed by atoms with Crippen molar-refractivity contribution < 1.29 is 39.1 Å². The van der Waals surface area contributed by atoms with Gasteiger partial charge in [-0.25, -0.2) is 0 Å². The highest BCUT2D eigenvalue weighted by atomic mass is 16.7. The second-order valence-corrected chi connectivity index (χ2v) is 6.88. The van der Waals surface area contributed by atoms with Crippen LogP contribution in [0.5, 0.6) is 5.75 Å². The number of benzene rings is 1. The van der Waals surface area contributed by atoms with Gasteiger partial charge in [0.05, 0.1) is 18.4 Å². The van der Waals surface area contributed by atoms with E-state index >= 15 is 0 Å². The zero-order valence-electron chi connectivity index (χ0n) is 15.4. The summed E-state index contributed by atoms with van der Waals surface area (Å²) in [5, 5.41) is 39.4. The molecule has 0 bridgehead atoms. The van der Waals surface area contributed by atoms with Gasteiger partial charge in [0.25, 0.3) is 0 Å². The van der Waals surface area contributed by atoms with Gasteiger partial charge in [0.1, 0.15) is 47.3 Å². The normalized spacial score (nSPS) is 27.7. The molecule has 5 atom stereocenters. The number of ketones is 1. The molecule has 3 rings (SSSR count). The van der Waals surface area contributed by atoms with E-state index in [0.29, 0.717) is 10.9 Å². The zero-order chi connectivity index (χ0) is 20.6. The average Bonchev–Trinajstić information content (AvgIpc) is 2.61. The molecule has 0 spiro atoms. The molecule has 0 radical (unpaired) electrons. The quantitative estimate of drug-likeness (QED) is 0.522. The predicted molar refractivity (Wildman–Crippen MR) is 96.0 cm³/mol. The third kappa shape index (κ3) is 3.94. The molecule has 2 heterocycles. The van der Waals surface area contributed by atoms with E-state index in [9.17, 15) is 30.0 Å². The molecule has 1 aromatic heterocycles. The highest BCUT2D eigenvalue weighted by Gasteiger charge is 2.44. The molecule has 0 amide bonds. The number of carbonyl (C=O) groups is 1. The molecular weight excluding hydrogens is 372 g/mol. The number of hydrogen-bond acceptors (Lipinski definition) is 9. The molecule has 0 aliphatic carbocycles. The van der Waals surface area contributed by atoms with Crippen molar-refractivity contribution in [2.75, 3.05) is 6.61 Å². The van der Waals surface area contributed by atoms with Crippen LogP contribution in [0.4, 0.5) is 0 Å². The first-order valence-electron chi connectivity index (χ1n) is 8.75. The fraction of sp³-hybridized carbons (Fsp3) is 0.474. The Bertz CT molecular complexity index is 933. The van der Waals surface area contributed by atoms with Gasteiger partial charge >= 0.3 is 0 Å². The number of hydrogen-bond donors (Lipinski definition) is 4. The van der Waals surface area contributed by atoms with E-state index < -0.39 is 37.3 Å². The van der Waals surface area contributed by atoms with E-state index in [0.717, 1.165) is 0 Å². The Morgan fingerprint density at radius 1 is 1.14 bits per heavy atom. The third-order valence-corrected chi connectivity index (χ3v) is 4.58. The number of Topliss-reactive ketones (excluding diaryl/α,β-unsaturated/α-hetero) is 1. The predicted octanol–water partition coefficient (Wildman–Crippen LogP) is -0.588. The number of fused-ring (bicyclic) bond motifs is 1. The molecular formula is C19H22O9. The summed E-state index contributed by atoms with van der Waals surface area (Å²) in [5.41, 5.74) is 0.443. The Morgan fingerprint density at radius 2 is 1.86 bits per heavy atom. The molecule has 2 aromatic rings. The summed E-state index contributed by atoms with van der Waals surface area (Å²) in [6.07, 6.45) is -7.13. The van der Waals surface area contributed by atoms with Gasteiger partial charge in [-0.15, -0.1) is 0 Å². The van der Waals surface area contributed by atoms with Crippen molar-refractivity contribution in [3.63, 3.8) is 0 Å². The molecule has 152 valence electrons. The smallest absolute Gasteiger partial charge is 0.229 e. The molecule has 4 N–H and O–H groups in total. The lowest BCUT2D eigenvalue weighted by Crippen LogP contribution is -2.60. The standard InChI is InChI=1S/C19H22O9/c1-8-3-10(27-19-18(25)17(24)16(23)14(7-20)28-19)6-13-15(8)12(22)5-11(26-13)4-9(2)21/h3,5-6,14,16-20,23-25H,4,7H2,1-2H3/t14-,16-,17+,18-,19-/m1/s1. The van der Waals surface area contributed by atoms with Gasteiger partial charge in [0, 0.05) is 12.1 Å². The van der Waals surface area contributed by atoms with Crippen LogP contribution in [-0.2, 0) is 16.0 Å². The van der Waals surface area contributed by atoms with Crippen molar-refractivity contribution in [1.29, 1.82) is 0 Å². The summed E-state index contributed by atoms with van der Waals surface area (Å²) < 4.78 is 16.5. The summed E-state index contributed by atoms with van der Waals surface area (Å²) >= 11 is 0. The lowest BCUT2D eigenvalue weighted by atomic mass is 9.99. The molecule has 9 nitrogen and oxygen atoms in total. The van der Waals surface area contributed by atoms with Gasteiger partial charge in [-0.2, -0.15) is 0 Å². The van der Waals surface area contributed by atoms with E-state index in [1.165, 1.54) is 25.1 Å². The van der Waals surface area contributed by atoms with Crippen LogP contribution in [0.1, 0.15) is 18.2 Å². The highest BCUT2D eigenvalue weighted by molar-refractivity contribution is 5.83. The number of aliphatic hydroxyl groups excluding tert-OH is 4. The first-order valence-corrected chi connectivity index (χ1v) is 8.75. The Kier molecular flexibility index (Phi) is 5.82. The average molecular weight is 394 g/mol. The third-order valence-electron chi connectivity index (χ3n) is 4.58. The van der Waals surface area contributed by atoms with Crippen LogP contribution in [0.25, 0.3) is 11.0 Å². The minimum atomic E-state index is -1.57. The van der Waals surface area contributed by atoms with E-state index in [2.05, 4.69) is 0 Å². The molecule has 0 saturated carbocycles. The number of aliphatic hydroxyl groups is 4. The summed E-state index contributed by atoms with van der Waals surface area (Å²) in [6, 6.07) is 4.22. The van der Waals surface area contributed by atoms with Crippen LogP contribution in [0.15, 0.2) is 27.4 Å². The minimum absolute atomic E-state index is 0.0258. The van der Waals surface area contributed by atoms with Gasteiger partial charge in [0.2, 0.25) is 6.29 Å². The molecule has 1 fully saturated rings. The van der Waals surface area contributed by atoms with Gasteiger partial charge in [0.15, 0.2) is 5.43 Å². The summed E-state index contributed by atoms with van der Waals surface area (Å²) in [6.45, 7) is 2.48. The van der Waals surface area contributed by atoms with Crippen LogP contribution in [-0.4, -0.2) is 63.5 Å². The van der Waals surface area contributed by atoms with Crippen LogP contribution < -0.4 is 10.2 Å². The van der Waals surface area contributed by atoms with E-state index in [4.69, 9.17) is 13.9 Å². The maximum absolute atomic E-state index is 12.4. The summed E-state index contributed by atoms with van der Waals surface area (Å²) in [5.74, 6) is 0.236. The zero-order valence-corrected chi connectivity index (χ0v) is 15.4. The van der Waals surface area contributed by atoms with Gasteiger partial charge in [-0.1, -0.05) is 0 Å². The van der Waals surface area contributed by atoms with Crippen LogP contribution >= 0.6 is 0 Å². The Balaban J connectivity index is 1.95. The summed E-state index contributed by atoms with van der Waals surface area (Å²) in [7, 11) is 0. The van der Waals surface area contributed by atoms with Crippen molar-refractivity contribution in [2.45, 2.75) is 51.0 Å². The molecule has 28 heavy (non-hydrogen) atoms. The number of aryl methyl sites for hydroxylation is 1. The maximum Gasteiger partial charge on any atom is 0.229 e. The molecule has 9 heteroatoms. The van der Waals surface area contributed by atoms with E-state index in [1.54, 1.807) is 6.92 Å². The molecule has 1 aromatic carbocycles. The monoisotopic (exact) mass is 394 g/mol. The molecule has 1 saturated heterocycles. The fourth-order valence-corrected chi connectivity index (χ4v) is 3.21. The lowest BCUT2D eigenvalue weighted by molar-refractivity contribution is -0.277. The van der Waals surface area contributed by atoms with Gasteiger partial charge in [-0.05, 0) is 25.5 Å². The van der Waals surface area contributed by atoms with Gasteiger partial charge < -0.3 is 34.3 Å². The van der Waals surface area contributed by atoms with E-state index in [1.807, 2.05) is 0 Å². The first-order chi connectivity index (χ1) is 13.2. The van der Waals surface area contributed by atoms with Gasteiger partial charge in [-0.3, -0.25) is 9.59 Å². The Labute approximate surface area is 159 Å². The first kappa shape index (κ1) is 20.4. The minimum Gasteiger partial charge on any atom is -0.462 e. The Hall–Kier alpha value is -2.30. The largest absolute Gasteiger partial charge is 0.462 e. The topological polar surface area (TPSA) is 147 Å². The highest BCUT2D eigenvalue weighted by Crippen LogP contribution is 2.28. The van der Waals surface area contributed by atoms with E-state index in [-0.39, 0.29) is 34.7 Å². The molecule has 0 unspecified atom stereocenters. The second kappa shape index (κ2) is 7.98. The Morgan fingerprint density at radius 3 is 2.50 bits per heavy atom. The number of ether oxygens (including phenoxy) is 2. The van der Waals surface area contributed by atoms with Crippen molar-refractivity contribution in [3.8, 4) is 5.75 Å². The second-order valence-electron chi connectivity index (χ2n) is 6.88. The van der Waals surface area contributed by atoms with Crippen molar-refractivity contribution in [1.82, 2.24) is 0 Å². The maximum atomic E-state index is 12.4. The lowest BCUT2D eigenvalue weighted by Gasteiger charge is -2.39. The molecule has 1 aliphatic rings. The summed E-state index contributed by atoms with van der Waals surface area (Å²) in [4.78, 5) is 23.7. The van der Waals surface area contributed by atoms with Crippen LogP contribution in [0.3, 0.4) is 0 Å². The van der Waals surface area contributed by atoms with Crippen molar-refractivity contribution in [2.24, 2.45) is 0 Å². The molecule has 1 aliphatic heterocycles.